The van der Waals surface area contributed by atoms with Crippen molar-refractivity contribution in [3.8, 4) is 0 Å². The number of carbonyl (C=O) groups excluding carboxylic acids is 2. The molecule has 1 amide bonds. The van der Waals surface area contributed by atoms with Gasteiger partial charge in [0.15, 0.2) is 15.9 Å². The first-order valence-electron chi connectivity index (χ1n) is 10.4. The Morgan fingerprint density at radius 2 is 1.42 bits per heavy atom. The molecule has 0 aliphatic carbocycles. The Kier molecular flexibility index (Phi) is 7.55. The van der Waals surface area contributed by atoms with Crippen LogP contribution in [0.2, 0.25) is 0 Å². The molecule has 1 aliphatic heterocycles. The number of sulfonamides is 1. The smallest absolute Gasteiger partial charge is 0.338 e. The standard InChI is InChI=1S/C22H26N2O7S2/c1-16(31-22(26)17-6-10-19(11-7-17)32(2,27)28)21(25)23-18-8-12-20(13-9-18)33(29,30)24-14-4-3-5-15-24/h6-13,16H,3-5,14-15H2,1-2H3,(H,23,25)/t16-/m0/s1. The van der Waals surface area contributed by atoms with Gasteiger partial charge < -0.3 is 10.1 Å². The number of esters is 1. The second kappa shape index (κ2) is 10.0. The average molecular weight is 495 g/mol. The van der Waals surface area contributed by atoms with Gasteiger partial charge in [0.2, 0.25) is 10.0 Å². The minimum absolute atomic E-state index is 0.0654. The molecule has 0 unspecified atom stereocenters. The van der Waals surface area contributed by atoms with Crippen molar-refractivity contribution in [2.24, 2.45) is 0 Å². The Bertz CT molecular complexity index is 1220. The van der Waals surface area contributed by atoms with Crippen LogP contribution in [0.5, 0.6) is 0 Å². The molecule has 11 heteroatoms. The van der Waals surface area contributed by atoms with Crippen LogP contribution in [0.1, 0.15) is 36.5 Å². The van der Waals surface area contributed by atoms with E-state index in [0.717, 1.165) is 25.5 Å². The van der Waals surface area contributed by atoms with E-state index in [9.17, 15) is 26.4 Å². The van der Waals surface area contributed by atoms with E-state index in [1.165, 1.54) is 59.8 Å². The van der Waals surface area contributed by atoms with Crippen LogP contribution in [0.15, 0.2) is 58.3 Å². The molecule has 2 aromatic carbocycles. The molecule has 0 aromatic heterocycles. The molecule has 0 bridgehead atoms. The molecule has 1 saturated heterocycles. The normalized spacial score (nSPS) is 16.1. The van der Waals surface area contributed by atoms with Gasteiger partial charge >= 0.3 is 5.97 Å². The number of nitrogens with zero attached hydrogens (tertiary/aromatic N) is 1. The summed E-state index contributed by atoms with van der Waals surface area (Å²) < 4.78 is 55.0. The van der Waals surface area contributed by atoms with Gasteiger partial charge in [0.1, 0.15) is 0 Å². The molecule has 0 saturated carbocycles. The number of carbonyl (C=O) groups is 2. The fraction of sp³-hybridized carbons (Fsp3) is 0.364. The molecule has 1 fully saturated rings. The molecule has 9 nitrogen and oxygen atoms in total. The maximum atomic E-state index is 12.7. The lowest BCUT2D eigenvalue weighted by Crippen LogP contribution is -2.35. The van der Waals surface area contributed by atoms with Crippen molar-refractivity contribution in [3.63, 3.8) is 0 Å². The molecule has 0 spiro atoms. The number of anilines is 1. The van der Waals surface area contributed by atoms with Crippen LogP contribution in [0.3, 0.4) is 0 Å². The zero-order valence-corrected chi connectivity index (χ0v) is 20.0. The number of sulfone groups is 1. The predicted molar refractivity (Wildman–Crippen MR) is 122 cm³/mol. The van der Waals surface area contributed by atoms with E-state index in [4.69, 9.17) is 4.74 Å². The van der Waals surface area contributed by atoms with E-state index in [2.05, 4.69) is 5.32 Å². The summed E-state index contributed by atoms with van der Waals surface area (Å²) in [5, 5.41) is 2.58. The fourth-order valence-corrected chi connectivity index (χ4v) is 5.48. The molecule has 1 atom stereocenters. The van der Waals surface area contributed by atoms with Gasteiger partial charge in [0.25, 0.3) is 5.91 Å². The molecule has 1 N–H and O–H groups in total. The lowest BCUT2D eigenvalue weighted by atomic mass is 10.2. The second-order valence-electron chi connectivity index (χ2n) is 7.82. The SMILES string of the molecule is C[C@H](OC(=O)c1ccc(S(C)(=O)=O)cc1)C(=O)Nc1ccc(S(=O)(=O)N2CCCCC2)cc1. The maximum absolute atomic E-state index is 12.7. The highest BCUT2D eigenvalue weighted by atomic mass is 32.2. The van der Waals surface area contributed by atoms with Gasteiger partial charge in [-0.1, -0.05) is 6.42 Å². The van der Waals surface area contributed by atoms with Gasteiger partial charge in [0.05, 0.1) is 15.4 Å². The van der Waals surface area contributed by atoms with E-state index in [1.807, 2.05) is 0 Å². The van der Waals surface area contributed by atoms with E-state index in [0.29, 0.717) is 18.8 Å². The van der Waals surface area contributed by atoms with Crippen molar-refractivity contribution in [3.05, 3.63) is 54.1 Å². The largest absolute Gasteiger partial charge is 0.449 e. The van der Waals surface area contributed by atoms with Gasteiger partial charge in [-0.25, -0.2) is 21.6 Å². The van der Waals surface area contributed by atoms with Gasteiger partial charge in [-0.3, -0.25) is 4.79 Å². The zero-order valence-electron chi connectivity index (χ0n) is 18.4. The third kappa shape index (κ3) is 6.18. The summed E-state index contributed by atoms with van der Waals surface area (Å²) in [6, 6.07) is 11.0. The van der Waals surface area contributed by atoms with Crippen LogP contribution in [-0.4, -0.2) is 58.5 Å². The third-order valence-electron chi connectivity index (χ3n) is 5.25. The molecule has 178 valence electrons. The number of benzene rings is 2. The van der Waals surface area contributed by atoms with Gasteiger partial charge in [-0.05, 0) is 68.3 Å². The minimum Gasteiger partial charge on any atom is -0.449 e. The zero-order chi connectivity index (χ0) is 24.2. The first-order valence-corrected chi connectivity index (χ1v) is 13.7. The minimum atomic E-state index is -3.57. The Labute approximate surface area is 193 Å². The monoisotopic (exact) mass is 494 g/mol. The maximum Gasteiger partial charge on any atom is 0.338 e. The quantitative estimate of drug-likeness (QED) is 0.586. The highest BCUT2D eigenvalue weighted by Gasteiger charge is 2.26. The third-order valence-corrected chi connectivity index (χ3v) is 8.29. The number of piperidine rings is 1. The summed E-state index contributed by atoms with van der Waals surface area (Å²) in [5.41, 5.74) is 0.465. The van der Waals surface area contributed by atoms with E-state index >= 15 is 0 Å². The van der Waals surface area contributed by atoms with Crippen LogP contribution in [0, 0.1) is 0 Å². The van der Waals surface area contributed by atoms with Crippen molar-refractivity contribution in [1.82, 2.24) is 4.31 Å². The molecule has 1 aliphatic rings. The Balaban J connectivity index is 1.59. The van der Waals surface area contributed by atoms with Crippen LogP contribution in [-0.2, 0) is 29.4 Å². The number of hydrogen-bond acceptors (Lipinski definition) is 7. The summed E-state index contributed by atoms with van der Waals surface area (Å²) in [6.45, 7) is 2.40. The first-order chi connectivity index (χ1) is 15.5. The van der Waals surface area contributed by atoms with Gasteiger partial charge in [-0.15, -0.1) is 0 Å². The summed E-state index contributed by atoms with van der Waals surface area (Å²) in [4.78, 5) is 24.9. The lowest BCUT2D eigenvalue weighted by molar-refractivity contribution is -0.123. The number of hydrogen-bond donors (Lipinski definition) is 1. The van der Waals surface area contributed by atoms with Gasteiger partial charge in [-0.2, -0.15) is 4.31 Å². The van der Waals surface area contributed by atoms with Gasteiger partial charge in [0, 0.05) is 25.0 Å². The molecule has 3 rings (SSSR count). The molecule has 33 heavy (non-hydrogen) atoms. The molecule has 1 heterocycles. The molecule has 0 radical (unpaired) electrons. The second-order valence-corrected chi connectivity index (χ2v) is 11.8. The van der Waals surface area contributed by atoms with Crippen LogP contribution in [0.25, 0.3) is 0 Å². The molecule has 2 aromatic rings. The van der Waals surface area contributed by atoms with Crippen LogP contribution in [0.4, 0.5) is 5.69 Å². The summed E-state index contributed by atoms with van der Waals surface area (Å²) in [6.07, 6.45) is 2.62. The van der Waals surface area contributed by atoms with Crippen molar-refractivity contribution >= 4 is 37.4 Å². The number of amides is 1. The Hall–Kier alpha value is -2.76. The van der Waals surface area contributed by atoms with Crippen molar-refractivity contribution < 1.29 is 31.2 Å². The Morgan fingerprint density at radius 3 is 1.97 bits per heavy atom. The topological polar surface area (TPSA) is 127 Å². The lowest BCUT2D eigenvalue weighted by Gasteiger charge is -2.25. The summed E-state index contributed by atoms with van der Waals surface area (Å²) in [7, 11) is -6.96. The van der Waals surface area contributed by atoms with Crippen molar-refractivity contribution in [2.45, 2.75) is 42.1 Å². The number of nitrogens with one attached hydrogen (secondary N) is 1. The first kappa shape index (κ1) is 24.9. The summed E-state index contributed by atoms with van der Waals surface area (Å²) >= 11 is 0. The van der Waals surface area contributed by atoms with E-state index < -0.39 is 37.8 Å². The highest BCUT2D eigenvalue weighted by molar-refractivity contribution is 7.90. The van der Waals surface area contributed by atoms with E-state index in [1.54, 1.807) is 0 Å². The number of rotatable bonds is 7. The number of ether oxygens (including phenoxy) is 1. The average Bonchev–Trinajstić information content (AvgIpc) is 2.79. The highest BCUT2D eigenvalue weighted by Crippen LogP contribution is 2.22. The molecular formula is C22H26N2O7S2. The van der Waals surface area contributed by atoms with Crippen molar-refractivity contribution in [1.29, 1.82) is 0 Å². The molecular weight excluding hydrogens is 468 g/mol. The van der Waals surface area contributed by atoms with Crippen LogP contribution < -0.4 is 5.32 Å². The Morgan fingerprint density at radius 1 is 0.879 bits per heavy atom. The van der Waals surface area contributed by atoms with Crippen molar-refractivity contribution in [2.75, 3.05) is 24.7 Å². The predicted octanol–water partition coefficient (Wildman–Crippen LogP) is 2.45. The van der Waals surface area contributed by atoms with Crippen LogP contribution >= 0.6 is 0 Å². The van der Waals surface area contributed by atoms with E-state index in [-0.39, 0.29) is 15.4 Å². The fourth-order valence-electron chi connectivity index (χ4n) is 3.33. The summed E-state index contributed by atoms with van der Waals surface area (Å²) in [5.74, 6) is -1.37.